The first kappa shape index (κ1) is 19.0. The van der Waals surface area contributed by atoms with Crippen LogP contribution >= 0.6 is 0 Å². The molecule has 0 heterocycles. The van der Waals surface area contributed by atoms with Gasteiger partial charge in [-0.2, -0.15) is 0 Å². The highest BCUT2D eigenvalue weighted by atomic mass is 16.5. The van der Waals surface area contributed by atoms with E-state index >= 15 is 0 Å². The predicted octanol–water partition coefficient (Wildman–Crippen LogP) is 4.99. The molecule has 0 aliphatic heterocycles. The Morgan fingerprint density at radius 2 is 1.72 bits per heavy atom. The minimum absolute atomic E-state index is 0.0261. The summed E-state index contributed by atoms with van der Waals surface area (Å²) in [4.78, 5) is 12.3. The third-order valence-electron chi connectivity index (χ3n) is 4.56. The van der Waals surface area contributed by atoms with Crippen LogP contribution in [0.2, 0.25) is 0 Å². The van der Waals surface area contributed by atoms with Crippen molar-refractivity contribution in [3.8, 4) is 5.75 Å². The topological polar surface area (TPSA) is 38.3 Å². The third kappa shape index (κ3) is 5.09. The van der Waals surface area contributed by atoms with E-state index < -0.39 is 0 Å². The molecular weight excluding hydrogens is 310 g/mol. The van der Waals surface area contributed by atoms with Gasteiger partial charge >= 0.3 is 0 Å². The number of carbonyl (C=O) groups is 1. The number of ether oxygens (including phenoxy) is 1. The summed E-state index contributed by atoms with van der Waals surface area (Å²) in [5, 5.41) is 3.01. The second-order valence-electron chi connectivity index (χ2n) is 7.12. The SMILES string of the molecule is Cc1ccc(C(C)C)c(OCC(=O)N[C@@H](C)c2ccc(C)c(C)c2)c1. The molecule has 2 aromatic rings. The molecular formula is C22H29NO2. The van der Waals surface area contributed by atoms with Gasteiger partial charge in [0, 0.05) is 0 Å². The highest BCUT2D eigenvalue weighted by molar-refractivity contribution is 5.78. The fraction of sp³-hybridized carbons (Fsp3) is 0.409. The first-order chi connectivity index (χ1) is 11.8. The number of amides is 1. The summed E-state index contributed by atoms with van der Waals surface area (Å²) in [5.74, 6) is 1.04. The smallest absolute Gasteiger partial charge is 0.258 e. The summed E-state index contributed by atoms with van der Waals surface area (Å²) < 4.78 is 5.81. The third-order valence-corrected chi connectivity index (χ3v) is 4.56. The molecule has 0 aromatic heterocycles. The zero-order valence-electron chi connectivity index (χ0n) is 16.1. The van der Waals surface area contributed by atoms with Crippen molar-refractivity contribution in [1.82, 2.24) is 5.32 Å². The molecule has 0 fully saturated rings. The van der Waals surface area contributed by atoms with Crippen molar-refractivity contribution < 1.29 is 9.53 Å². The first-order valence-electron chi connectivity index (χ1n) is 8.87. The van der Waals surface area contributed by atoms with Crippen LogP contribution in [0.4, 0.5) is 0 Å². The Balaban J connectivity index is 1.99. The lowest BCUT2D eigenvalue weighted by molar-refractivity contribution is -0.123. The maximum Gasteiger partial charge on any atom is 0.258 e. The molecule has 0 saturated carbocycles. The molecule has 134 valence electrons. The molecule has 0 aliphatic carbocycles. The van der Waals surface area contributed by atoms with E-state index in [2.05, 4.69) is 63.3 Å². The van der Waals surface area contributed by atoms with Gasteiger partial charge in [-0.05, 0) is 67.5 Å². The lowest BCUT2D eigenvalue weighted by atomic mass is 10.0. The second-order valence-corrected chi connectivity index (χ2v) is 7.12. The minimum Gasteiger partial charge on any atom is -0.483 e. The summed E-state index contributed by atoms with van der Waals surface area (Å²) in [5.41, 5.74) is 5.85. The summed E-state index contributed by atoms with van der Waals surface area (Å²) in [6, 6.07) is 12.4. The van der Waals surface area contributed by atoms with Crippen LogP contribution in [0.25, 0.3) is 0 Å². The van der Waals surface area contributed by atoms with E-state index in [9.17, 15) is 4.79 Å². The van der Waals surface area contributed by atoms with Crippen LogP contribution in [0, 0.1) is 20.8 Å². The number of benzene rings is 2. The molecule has 3 heteroatoms. The first-order valence-corrected chi connectivity index (χ1v) is 8.87. The van der Waals surface area contributed by atoms with Gasteiger partial charge in [0.05, 0.1) is 6.04 Å². The van der Waals surface area contributed by atoms with Crippen molar-refractivity contribution in [3.05, 3.63) is 64.2 Å². The molecule has 1 amide bonds. The molecule has 0 radical (unpaired) electrons. The van der Waals surface area contributed by atoms with Gasteiger partial charge in [-0.3, -0.25) is 4.79 Å². The summed E-state index contributed by atoms with van der Waals surface area (Å²) in [7, 11) is 0. The van der Waals surface area contributed by atoms with E-state index in [0.29, 0.717) is 5.92 Å². The fourth-order valence-electron chi connectivity index (χ4n) is 2.79. The molecule has 1 N–H and O–H groups in total. The quantitative estimate of drug-likeness (QED) is 0.805. The number of carbonyl (C=O) groups excluding carboxylic acids is 1. The van der Waals surface area contributed by atoms with Crippen LogP contribution in [-0.2, 0) is 4.79 Å². The standard InChI is InChI=1S/C22H29NO2/c1-14(2)20-10-7-15(3)11-21(20)25-13-22(24)23-18(6)19-9-8-16(4)17(5)12-19/h7-12,14,18H,13H2,1-6H3,(H,23,24)/t18-/m0/s1. The molecule has 3 nitrogen and oxygen atoms in total. The van der Waals surface area contributed by atoms with Gasteiger partial charge in [-0.25, -0.2) is 0 Å². The zero-order valence-corrected chi connectivity index (χ0v) is 16.1. The average molecular weight is 339 g/mol. The van der Waals surface area contributed by atoms with Crippen LogP contribution in [0.3, 0.4) is 0 Å². The minimum atomic E-state index is -0.109. The number of aryl methyl sites for hydroxylation is 3. The van der Waals surface area contributed by atoms with Crippen LogP contribution in [-0.4, -0.2) is 12.5 Å². The monoisotopic (exact) mass is 339 g/mol. The molecule has 0 aliphatic rings. The van der Waals surface area contributed by atoms with E-state index in [1.807, 2.05) is 19.9 Å². The van der Waals surface area contributed by atoms with Gasteiger partial charge in [0.15, 0.2) is 6.61 Å². The Bertz CT molecular complexity index is 750. The second kappa shape index (κ2) is 8.19. The van der Waals surface area contributed by atoms with Crippen molar-refractivity contribution in [3.63, 3.8) is 0 Å². The highest BCUT2D eigenvalue weighted by Gasteiger charge is 2.13. The molecule has 2 aromatic carbocycles. The zero-order chi connectivity index (χ0) is 18.6. The van der Waals surface area contributed by atoms with Gasteiger partial charge in [-0.15, -0.1) is 0 Å². The number of nitrogens with one attached hydrogen (secondary N) is 1. The number of rotatable bonds is 6. The summed E-state index contributed by atoms with van der Waals surface area (Å²) in [6.45, 7) is 12.5. The number of hydrogen-bond donors (Lipinski definition) is 1. The Hall–Kier alpha value is -2.29. The predicted molar refractivity (Wildman–Crippen MR) is 103 cm³/mol. The molecule has 0 unspecified atom stereocenters. The van der Waals surface area contributed by atoms with Crippen LogP contribution in [0.5, 0.6) is 5.75 Å². The molecule has 1 atom stereocenters. The van der Waals surface area contributed by atoms with Crippen molar-refractivity contribution in [2.75, 3.05) is 6.61 Å². The Kier molecular flexibility index (Phi) is 6.24. The van der Waals surface area contributed by atoms with Crippen molar-refractivity contribution in [2.45, 2.75) is 53.5 Å². The van der Waals surface area contributed by atoms with E-state index in [4.69, 9.17) is 4.74 Å². The lowest BCUT2D eigenvalue weighted by Crippen LogP contribution is -2.31. The Morgan fingerprint density at radius 1 is 1.00 bits per heavy atom. The van der Waals surface area contributed by atoms with E-state index in [1.54, 1.807) is 0 Å². The maximum absolute atomic E-state index is 12.3. The van der Waals surface area contributed by atoms with E-state index in [1.165, 1.54) is 11.1 Å². The van der Waals surface area contributed by atoms with Gasteiger partial charge in [-0.1, -0.05) is 44.2 Å². The fourth-order valence-corrected chi connectivity index (χ4v) is 2.79. The van der Waals surface area contributed by atoms with Crippen molar-refractivity contribution in [1.29, 1.82) is 0 Å². The maximum atomic E-state index is 12.3. The Labute approximate surface area is 151 Å². The highest BCUT2D eigenvalue weighted by Crippen LogP contribution is 2.27. The van der Waals surface area contributed by atoms with Crippen LogP contribution < -0.4 is 10.1 Å². The molecule has 0 bridgehead atoms. The number of hydrogen-bond acceptors (Lipinski definition) is 2. The van der Waals surface area contributed by atoms with E-state index in [0.717, 1.165) is 22.4 Å². The summed E-state index contributed by atoms with van der Waals surface area (Å²) in [6.07, 6.45) is 0. The van der Waals surface area contributed by atoms with Gasteiger partial charge in [0.25, 0.3) is 5.91 Å². The summed E-state index contributed by atoms with van der Waals surface area (Å²) >= 11 is 0. The molecule has 0 spiro atoms. The van der Waals surface area contributed by atoms with Crippen molar-refractivity contribution >= 4 is 5.91 Å². The van der Waals surface area contributed by atoms with Gasteiger partial charge in [0.2, 0.25) is 0 Å². The van der Waals surface area contributed by atoms with Crippen LogP contribution in [0.15, 0.2) is 36.4 Å². The normalized spacial score (nSPS) is 12.1. The van der Waals surface area contributed by atoms with E-state index in [-0.39, 0.29) is 18.6 Å². The molecule has 25 heavy (non-hydrogen) atoms. The molecule has 2 rings (SSSR count). The Morgan fingerprint density at radius 3 is 2.36 bits per heavy atom. The molecule has 0 saturated heterocycles. The van der Waals surface area contributed by atoms with Gasteiger partial charge < -0.3 is 10.1 Å². The van der Waals surface area contributed by atoms with Crippen molar-refractivity contribution in [2.24, 2.45) is 0 Å². The van der Waals surface area contributed by atoms with Gasteiger partial charge in [0.1, 0.15) is 5.75 Å². The largest absolute Gasteiger partial charge is 0.483 e. The average Bonchev–Trinajstić information content (AvgIpc) is 2.55. The van der Waals surface area contributed by atoms with Crippen LogP contribution in [0.1, 0.15) is 60.5 Å². The lowest BCUT2D eigenvalue weighted by Gasteiger charge is -2.18.